The minimum Gasteiger partial charge on any atom is -0.368 e. The Hall–Kier alpha value is -2.37. The summed E-state index contributed by atoms with van der Waals surface area (Å²) in [5.74, 6) is -0.101. The van der Waals surface area contributed by atoms with Gasteiger partial charge in [0.2, 0.25) is 11.8 Å². The fraction of sp³-hybridized carbons (Fsp3) is 0.357. The molecule has 0 saturated carbocycles. The van der Waals surface area contributed by atoms with E-state index in [2.05, 4.69) is 10.3 Å². The van der Waals surface area contributed by atoms with E-state index in [9.17, 15) is 9.59 Å². The quantitative estimate of drug-likeness (QED) is 0.861. The molecule has 106 valence electrons. The van der Waals surface area contributed by atoms with Gasteiger partial charge in [0.15, 0.2) is 0 Å². The number of amides is 2. The molecule has 2 rings (SSSR count). The first kappa shape index (κ1) is 14.0. The van der Waals surface area contributed by atoms with Crippen LogP contribution in [0.15, 0.2) is 24.3 Å². The fourth-order valence-electron chi connectivity index (χ4n) is 1.99. The minimum atomic E-state index is -1.07. The molecule has 0 radical (unpaired) electrons. The molecule has 2 aromatic rings. The van der Waals surface area contributed by atoms with Gasteiger partial charge in [-0.3, -0.25) is 9.59 Å². The average Bonchev–Trinajstić information content (AvgIpc) is 2.65. The number of aromatic nitrogens is 2. The standard InChI is InChI=1S/C14H18N4O2/c1-9-16-10-6-4-5-7-11(10)18(9)8-12(19)17-14(2,3)13(15)20/h4-7H,8H2,1-3H3,(H2,15,20)(H,17,19). The van der Waals surface area contributed by atoms with E-state index in [4.69, 9.17) is 5.73 Å². The number of para-hydroxylation sites is 2. The van der Waals surface area contributed by atoms with Crippen LogP contribution >= 0.6 is 0 Å². The maximum absolute atomic E-state index is 12.1. The molecule has 3 N–H and O–H groups in total. The van der Waals surface area contributed by atoms with Crippen molar-refractivity contribution in [3.05, 3.63) is 30.1 Å². The highest BCUT2D eigenvalue weighted by atomic mass is 16.2. The molecular weight excluding hydrogens is 256 g/mol. The second-order valence-corrected chi connectivity index (χ2v) is 5.27. The third-order valence-corrected chi connectivity index (χ3v) is 3.22. The molecule has 0 spiro atoms. The molecule has 0 bridgehead atoms. The normalized spacial score (nSPS) is 11.6. The summed E-state index contributed by atoms with van der Waals surface area (Å²) in [5.41, 5.74) is 5.90. The van der Waals surface area contributed by atoms with Crippen LogP contribution in [0.25, 0.3) is 11.0 Å². The van der Waals surface area contributed by atoms with Crippen LogP contribution in [0.1, 0.15) is 19.7 Å². The van der Waals surface area contributed by atoms with Crippen molar-refractivity contribution in [1.29, 1.82) is 0 Å². The summed E-state index contributed by atoms with van der Waals surface area (Å²) in [6.07, 6.45) is 0. The van der Waals surface area contributed by atoms with Crippen molar-refractivity contribution in [3.8, 4) is 0 Å². The van der Waals surface area contributed by atoms with Gasteiger partial charge < -0.3 is 15.6 Å². The highest BCUT2D eigenvalue weighted by molar-refractivity contribution is 5.90. The largest absolute Gasteiger partial charge is 0.368 e. The lowest BCUT2D eigenvalue weighted by atomic mass is 10.1. The van der Waals surface area contributed by atoms with Crippen molar-refractivity contribution in [2.45, 2.75) is 32.9 Å². The molecule has 0 aliphatic heterocycles. The van der Waals surface area contributed by atoms with Gasteiger partial charge in [0.25, 0.3) is 0 Å². The lowest BCUT2D eigenvalue weighted by Gasteiger charge is -2.22. The Morgan fingerprint density at radius 1 is 1.35 bits per heavy atom. The van der Waals surface area contributed by atoms with Crippen molar-refractivity contribution in [1.82, 2.24) is 14.9 Å². The molecule has 1 aromatic carbocycles. The molecule has 6 heteroatoms. The molecular formula is C14H18N4O2. The molecule has 0 saturated heterocycles. The first-order chi connectivity index (χ1) is 9.31. The molecule has 1 aromatic heterocycles. The number of nitrogens with one attached hydrogen (secondary N) is 1. The lowest BCUT2D eigenvalue weighted by Crippen LogP contribution is -2.53. The van der Waals surface area contributed by atoms with Crippen LogP contribution in [0, 0.1) is 6.92 Å². The smallest absolute Gasteiger partial charge is 0.242 e. The zero-order valence-electron chi connectivity index (χ0n) is 11.8. The number of hydrogen-bond acceptors (Lipinski definition) is 3. The van der Waals surface area contributed by atoms with E-state index in [1.165, 1.54) is 0 Å². The number of imidazole rings is 1. The van der Waals surface area contributed by atoms with Crippen LogP contribution in [-0.4, -0.2) is 26.9 Å². The molecule has 0 aliphatic rings. The molecule has 0 aliphatic carbocycles. The number of benzene rings is 1. The minimum absolute atomic E-state index is 0.100. The zero-order valence-corrected chi connectivity index (χ0v) is 11.8. The lowest BCUT2D eigenvalue weighted by molar-refractivity contribution is -0.130. The van der Waals surface area contributed by atoms with Crippen LogP contribution < -0.4 is 11.1 Å². The number of nitrogens with two attached hydrogens (primary N) is 1. The van der Waals surface area contributed by atoms with Crippen molar-refractivity contribution in [2.24, 2.45) is 5.73 Å². The first-order valence-electron chi connectivity index (χ1n) is 6.34. The highest BCUT2D eigenvalue weighted by Crippen LogP contribution is 2.15. The SMILES string of the molecule is Cc1nc2ccccc2n1CC(=O)NC(C)(C)C(N)=O. The van der Waals surface area contributed by atoms with Gasteiger partial charge >= 0.3 is 0 Å². The molecule has 1 heterocycles. The number of aryl methyl sites for hydroxylation is 1. The van der Waals surface area contributed by atoms with Crippen LogP contribution in [0.3, 0.4) is 0 Å². The Kier molecular flexibility index (Phi) is 3.48. The van der Waals surface area contributed by atoms with Crippen LogP contribution in [0.2, 0.25) is 0 Å². The summed E-state index contributed by atoms with van der Waals surface area (Å²) >= 11 is 0. The summed E-state index contributed by atoms with van der Waals surface area (Å²) in [5, 5.41) is 2.62. The summed E-state index contributed by atoms with van der Waals surface area (Å²) < 4.78 is 1.81. The van der Waals surface area contributed by atoms with E-state index in [1.54, 1.807) is 13.8 Å². The van der Waals surface area contributed by atoms with Gasteiger partial charge in [-0.05, 0) is 32.9 Å². The fourth-order valence-corrected chi connectivity index (χ4v) is 1.99. The predicted octanol–water partition coefficient (Wildman–Crippen LogP) is 0.725. The Labute approximate surface area is 117 Å². The number of carbonyl (C=O) groups is 2. The topological polar surface area (TPSA) is 90.0 Å². The van der Waals surface area contributed by atoms with E-state index in [0.717, 1.165) is 16.9 Å². The van der Waals surface area contributed by atoms with Crippen molar-refractivity contribution < 1.29 is 9.59 Å². The third-order valence-electron chi connectivity index (χ3n) is 3.22. The number of carbonyl (C=O) groups excluding carboxylic acids is 2. The van der Waals surface area contributed by atoms with E-state index >= 15 is 0 Å². The van der Waals surface area contributed by atoms with Crippen LogP contribution in [0.4, 0.5) is 0 Å². The van der Waals surface area contributed by atoms with Crippen LogP contribution in [0.5, 0.6) is 0 Å². The molecule has 0 atom stereocenters. The van der Waals surface area contributed by atoms with Crippen molar-refractivity contribution in [2.75, 3.05) is 0 Å². The van der Waals surface area contributed by atoms with Gasteiger partial charge in [-0.25, -0.2) is 4.98 Å². The first-order valence-corrected chi connectivity index (χ1v) is 6.34. The molecule has 6 nitrogen and oxygen atoms in total. The van der Waals surface area contributed by atoms with Gasteiger partial charge in [0, 0.05) is 0 Å². The van der Waals surface area contributed by atoms with Crippen molar-refractivity contribution >= 4 is 22.8 Å². The van der Waals surface area contributed by atoms with Crippen LogP contribution in [-0.2, 0) is 16.1 Å². The molecule has 2 amide bonds. The third kappa shape index (κ3) is 2.64. The van der Waals surface area contributed by atoms with Crippen molar-refractivity contribution in [3.63, 3.8) is 0 Å². The van der Waals surface area contributed by atoms with E-state index in [0.29, 0.717) is 0 Å². The second-order valence-electron chi connectivity index (χ2n) is 5.27. The number of rotatable bonds is 4. The van der Waals surface area contributed by atoms with E-state index < -0.39 is 11.4 Å². The molecule has 0 fully saturated rings. The summed E-state index contributed by atoms with van der Waals surface area (Å²) in [6.45, 7) is 5.09. The Bertz CT molecular complexity index is 673. The number of fused-ring (bicyclic) bond motifs is 1. The number of nitrogens with zero attached hydrogens (tertiary/aromatic N) is 2. The van der Waals surface area contributed by atoms with Gasteiger partial charge in [-0.1, -0.05) is 12.1 Å². The second kappa shape index (κ2) is 4.96. The maximum atomic E-state index is 12.1. The molecule has 20 heavy (non-hydrogen) atoms. The maximum Gasteiger partial charge on any atom is 0.242 e. The predicted molar refractivity (Wildman–Crippen MR) is 75.9 cm³/mol. The summed E-state index contributed by atoms with van der Waals surface area (Å²) in [6, 6.07) is 7.59. The number of hydrogen-bond donors (Lipinski definition) is 2. The Balaban J connectivity index is 2.22. The monoisotopic (exact) mass is 274 g/mol. The van der Waals surface area contributed by atoms with Gasteiger partial charge in [-0.2, -0.15) is 0 Å². The van der Waals surface area contributed by atoms with Gasteiger partial charge in [-0.15, -0.1) is 0 Å². The summed E-state index contributed by atoms with van der Waals surface area (Å²) in [4.78, 5) is 27.7. The zero-order chi connectivity index (χ0) is 14.9. The summed E-state index contributed by atoms with van der Waals surface area (Å²) in [7, 11) is 0. The Morgan fingerprint density at radius 2 is 2.00 bits per heavy atom. The Morgan fingerprint density at radius 3 is 2.65 bits per heavy atom. The van der Waals surface area contributed by atoms with Gasteiger partial charge in [0.1, 0.15) is 17.9 Å². The number of primary amides is 1. The van der Waals surface area contributed by atoms with E-state index in [-0.39, 0.29) is 12.5 Å². The average molecular weight is 274 g/mol. The highest BCUT2D eigenvalue weighted by Gasteiger charge is 2.27. The van der Waals surface area contributed by atoms with Gasteiger partial charge in [0.05, 0.1) is 11.0 Å². The van der Waals surface area contributed by atoms with E-state index in [1.807, 2.05) is 35.8 Å². The molecule has 0 unspecified atom stereocenters.